The molecule has 2 aromatic carbocycles. The Kier molecular flexibility index (Phi) is 4.80. The van der Waals surface area contributed by atoms with Gasteiger partial charge in [0.25, 0.3) is 5.91 Å². The zero-order chi connectivity index (χ0) is 18.6. The third-order valence-electron chi connectivity index (χ3n) is 4.05. The number of nitrogens with one attached hydrogen (secondary N) is 2. The molecule has 4 rings (SSSR count). The van der Waals surface area contributed by atoms with E-state index >= 15 is 0 Å². The lowest BCUT2D eigenvalue weighted by Gasteiger charge is -2.09. The van der Waals surface area contributed by atoms with Crippen molar-refractivity contribution in [3.8, 4) is 11.5 Å². The van der Waals surface area contributed by atoms with Gasteiger partial charge in [-0.1, -0.05) is 29.8 Å². The quantitative estimate of drug-likeness (QED) is 0.695. The molecule has 136 valence electrons. The highest BCUT2D eigenvalue weighted by molar-refractivity contribution is 6.31. The summed E-state index contributed by atoms with van der Waals surface area (Å²) < 4.78 is 10.7. The fourth-order valence-electron chi connectivity index (χ4n) is 2.65. The molecule has 0 fully saturated rings. The van der Waals surface area contributed by atoms with E-state index in [9.17, 15) is 4.79 Å². The second-order valence-corrected chi connectivity index (χ2v) is 6.31. The molecule has 1 amide bonds. The largest absolute Gasteiger partial charge is 0.454 e. The van der Waals surface area contributed by atoms with Gasteiger partial charge in [0.1, 0.15) is 5.69 Å². The van der Waals surface area contributed by atoms with Gasteiger partial charge in [-0.2, -0.15) is 0 Å². The van der Waals surface area contributed by atoms with Gasteiger partial charge in [0.05, 0.1) is 11.9 Å². The molecule has 0 bridgehead atoms. The number of pyridine rings is 1. The molecule has 0 saturated carbocycles. The smallest absolute Gasteiger partial charge is 0.270 e. The van der Waals surface area contributed by atoms with Crippen molar-refractivity contribution in [3.63, 3.8) is 0 Å². The number of nitrogens with zero attached hydrogens (tertiary/aromatic N) is 1. The maximum absolute atomic E-state index is 12.3. The van der Waals surface area contributed by atoms with Crippen molar-refractivity contribution < 1.29 is 14.3 Å². The Hall–Kier alpha value is -3.25. The summed E-state index contributed by atoms with van der Waals surface area (Å²) in [6, 6.07) is 16.4. The molecule has 1 aliphatic rings. The van der Waals surface area contributed by atoms with E-state index in [0.717, 1.165) is 22.7 Å². The number of hydrogen-bond donors (Lipinski definition) is 2. The third-order valence-corrected chi connectivity index (χ3v) is 4.42. The Morgan fingerprint density at radius 2 is 1.85 bits per heavy atom. The summed E-state index contributed by atoms with van der Waals surface area (Å²) in [5, 5.41) is 6.65. The number of aromatic nitrogens is 1. The molecule has 0 saturated heterocycles. The van der Waals surface area contributed by atoms with Crippen LogP contribution in [0.2, 0.25) is 5.02 Å². The van der Waals surface area contributed by atoms with E-state index in [2.05, 4.69) is 15.6 Å². The van der Waals surface area contributed by atoms with Crippen molar-refractivity contribution in [2.75, 3.05) is 12.1 Å². The van der Waals surface area contributed by atoms with Gasteiger partial charge in [0.15, 0.2) is 11.5 Å². The molecular weight excluding hydrogens is 366 g/mol. The van der Waals surface area contributed by atoms with Gasteiger partial charge in [-0.05, 0) is 35.9 Å². The van der Waals surface area contributed by atoms with E-state index in [1.54, 1.807) is 24.4 Å². The van der Waals surface area contributed by atoms with Crippen molar-refractivity contribution in [1.82, 2.24) is 10.3 Å². The van der Waals surface area contributed by atoms with Crippen LogP contribution in [0.1, 0.15) is 16.1 Å². The van der Waals surface area contributed by atoms with Crippen LogP contribution in [0.3, 0.4) is 0 Å². The number of amides is 1. The first kappa shape index (κ1) is 17.2. The summed E-state index contributed by atoms with van der Waals surface area (Å²) in [5.74, 6) is 1.16. The second-order valence-electron chi connectivity index (χ2n) is 5.90. The normalized spacial score (nSPS) is 11.9. The van der Waals surface area contributed by atoms with Crippen LogP contribution in [0.5, 0.6) is 11.5 Å². The summed E-state index contributed by atoms with van der Waals surface area (Å²) in [5.41, 5.74) is 2.79. The SMILES string of the molecule is O=C(NCc1ccccc1Cl)c1ccc(Nc2ccc3c(c2)OCO3)cn1. The second kappa shape index (κ2) is 7.55. The minimum Gasteiger partial charge on any atom is -0.454 e. The van der Waals surface area contributed by atoms with Gasteiger partial charge >= 0.3 is 0 Å². The van der Waals surface area contributed by atoms with E-state index in [-0.39, 0.29) is 12.7 Å². The number of ether oxygens (including phenoxy) is 2. The molecule has 7 heteroatoms. The maximum Gasteiger partial charge on any atom is 0.270 e. The van der Waals surface area contributed by atoms with Crippen LogP contribution < -0.4 is 20.1 Å². The van der Waals surface area contributed by atoms with Crippen molar-refractivity contribution in [2.45, 2.75) is 6.54 Å². The van der Waals surface area contributed by atoms with E-state index in [0.29, 0.717) is 23.0 Å². The molecule has 1 aliphatic heterocycles. The first-order valence-electron chi connectivity index (χ1n) is 8.33. The van der Waals surface area contributed by atoms with Gasteiger partial charge in [0.2, 0.25) is 6.79 Å². The monoisotopic (exact) mass is 381 g/mol. The molecule has 0 aliphatic carbocycles. The van der Waals surface area contributed by atoms with E-state index in [4.69, 9.17) is 21.1 Å². The number of halogens is 1. The predicted octanol–water partition coefficient (Wildman–Crippen LogP) is 4.14. The number of fused-ring (bicyclic) bond motifs is 1. The van der Waals surface area contributed by atoms with Crippen molar-refractivity contribution in [2.24, 2.45) is 0 Å². The van der Waals surface area contributed by atoms with Crippen molar-refractivity contribution in [1.29, 1.82) is 0 Å². The highest BCUT2D eigenvalue weighted by Crippen LogP contribution is 2.35. The zero-order valence-corrected chi connectivity index (χ0v) is 15.0. The Morgan fingerprint density at radius 3 is 2.67 bits per heavy atom. The van der Waals surface area contributed by atoms with E-state index in [1.165, 1.54) is 0 Å². The van der Waals surface area contributed by atoms with Gasteiger partial charge in [0, 0.05) is 23.3 Å². The Balaban J connectivity index is 1.38. The van der Waals surface area contributed by atoms with Gasteiger partial charge in [-0.3, -0.25) is 4.79 Å². The number of anilines is 2. The molecule has 0 atom stereocenters. The predicted molar refractivity (Wildman–Crippen MR) is 103 cm³/mol. The Morgan fingerprint density at radius 1 is 1.04 bits per heavy atom. The summed E-state index contributed by atoms with van der Waals surface area (Å²) in [6.45, 7) is 0.579. The van der Waals surface area contributed by atoms with E-state index in [1.807, 2.05) is 36.4 Å². The molecule has 0 unspecified atom stereocenters. The van der Waals surface area contributed by atoms with Crippen LogP contribution in [-0.4, -0.2) is 17.7 Å². The minimum atomic E-state index is -0.260. The third kappa shape index (κ3) is 3.96. The van der Waals surface area contributed by atoms with Crippen LogP contribution in [0.15, 0.2) is 60.8 Å². The first-order chi connectivity index (χ1) is 13.2. The number of carbonyl (C=O) groups excluding carboxylic acids is 1. The standard InChI is InChI=1S/C20H16ClN3O3/c21-16-4-2-1-3-13(16)10-23-20(25)17-7-5-15(11-22-17)24-14-6-8-18-19(9-14)27-12-26-18/h1-9,11,24H,10,12H2,(H,23,25). The summed E-state index contributed by atoms with van der Waals surface area (Å²) in [7, 11) is 0. The highest BCUT2D eigenvalue weighted by atomic mass is 35.5. The van der Waals surface area contributed by atoms with Crippen LogP contribution >= 0.6 is 11.6 Å². The number of carbonyl (C=O) groups is 1. The number of rotatable bonds is 5. The molecule has 2 heterocycles. The van der Waals surface area contributed by atoms with E-state index < -0.39 is 0 Å². The molecule has 3 aromatic rings. The summed E-state index contributed by atoms with van der Waals surface area (Å²) >= 11 is 6.09. The molecule has 0 radical (unpaired) electrons. The molecule has 2 N–H and O–H groups in total. The summed E-state index contributed by atoms with van der Waals surface area (Å²) in [4.78, 5) is 16.5. The fraction of sp³-hybridized carbons (Fsp3) is 0.100. The van der Waals surface area contributed by atoms with Gasteiger partial charge < -0.3 is 20.1 Å². The zero-order valence-electron chi connectivity index (χ0n) is 14.2. The van der Waals surface area contributed by atoms with Crippen molar-refractivity contribution in [3.05, 3.63) is 77.1 Å². The van der Waals surface area contributed by atoms with Gasteiger partial charge in [-0.25, -0.2) is 4.98 Å². The molecule has 1 aromatic heterocycles. The lowest BCUT2D eigenvalue weighted by Crippen LogP contribution is -2.23. The Labute approximate surface area is 161 Å². The van der Waals surface area contributed by atoms with Crippen LogP contribution in [0.25, 0.3) is 0 Å². The molecule has 27 heavy (non-hydrogen) atoms. The maximum atomic E-state index is 12.3. The average Bonchev–Trinajstić information content (AvgIpc) is 3.15. The Bertz CT molecular complexity index is 976. The highest BCUT2D eigenvalue weighted by Gasteiger charge is 2.13. The van der Waals surface area contributed by atoms with Crippen molar-refractivity contribution >= 4 is 28.9 Å². The van der Waals surface area contributed by atoms with Gasteiger partial charge in [-0.15, -0.1) is 0 Å². The fourth-order valence-corrected chi connectivity index (χ4v) is 2.85. The van der Waals surface area contributed by atoms with Crippen LogP contribution in [0, 0.1) is 0 Å². The molecular formula is C20H16ClN3O3. The molecule has 0 spiro atoms. The minimum absolute atomic E-state index is 0.234. The number of hydrogen-bond acceptors (Lipinski definition) is 5. The lowest BCUT2D eigenvalue weighted by atomic mass is 10.2. The lowest BCUT2D eigenvalue weighted by molar-refractivity contribution is 0.0946. The topological polar surface area (TPSA) is 72.5 Å². The average molecular weight is 382 g/mol. The summed E-state index contributed by atoms with van der Waals surface area (Å²) in [6.07, 6.45) is 1.61. The molecule has 6 nitrogen and oxygen atoms in total. The van der Waals surface area contributed by atoms with Crippen LogP contribution in [-0.2, 0) is 6.54 Å². The number of benzene rings is 2. The first-order valence-corrected chi connectivity index (χ1v) is 8.71. The van der Waals surface area contributed by atoms with Crippen LogP contribution in [0.4, 0.5) is 11.4 Å².